The highest BCUT2D eigenvalue weighted by Crippen LogP contribution is 2.44. The Morgan fingerprint density at radius 1 is 1.00 bits per heavy atom. The molecule has 1 unspecified atom stereocenters. The minimum atomic E-state index is -3.73. The van der Waals surface area contributed by atoms with Crippen LogP contribution in [0.25, 0.3) is 0 Å². The normalized spacial score (nSPS) is 19.1. The van der Waals surface area contributed by atoms with E-state index in [2.05, 4.69) is 5.43 Å². The molecule has 1 aliphatic heterocycles. The van der Waals surface area contributed by atoms with Crippen LogP contribution in [0.15, 0.2) is 59.5 Å². The first kappa shape index (κ1) is 14.9. The van der Waals surface area contributed by atoms with Crippen LogP contribution in [0, 0.1) is 0 Å². The molecule has 0 spiro atoms. The van der Waals surface area contributed by atoms with Crippen molar-refractivity contribution >= 4 is 22.5 Å². The molecule has 4 N–H and O–H groups in total. The van der Waals surface area contributed by atoms with Crippen LogP contribution in [0.2, 0.25) is 0 Å². The number of benzene rings is 2. The lowest BCUT2D eigenvalue weighted by atomic mass is 10.0. The number of carbonyl (C=O) groups is 1. The second-order valence-corrected chi connectivity index (χ2v) is 6.56. The lowest BCUT2D eigenvalue weighted by molar-refractivity contribution is -0.119. The third kappa shape index (κ3) is 2.93. The molecule has 3 rings (SSSR count). The summed E-state index contributed by atoms with van der Waals surface area (Å²) in [6.45, 7) is 0. The zero-order valence-electron chi connectivity index (χ0n) is 11.6. The van der Waals surface area contributed by atoms with Gasteiger partial charge in [-0.1, -0.05) is 30.3 Å². The van der Waals surface area contributed by atoms with Crippen LogP contribution >= 0.6 is 10.9 Å². The second kappa shape index (κ2) is 5.62. The van der Waals surface area contributed by atoms with Crippen LogP contribution in [0.5, 0.6) is 0 Å². The van der Waals surface area contributed by atoms with Crippen molar-refractivity contribution in [3.05, 3.63) is 60.2 Å². The average Bonchev–Trinajstić information content (AvgIpc) is 2.89. The van der Waals surface area contributed by atoms with Crippen molar-refractivity contribution in [3.8, 4) is 0 Å². The van der Waals surface area contributed by atoms with E-state index in [4.69, 9.17) is 0 Å². The van der Waals surface area contributed by atoms with E-state index >= 15 is 0 Å². The monoisotopic (exact) mass is 320 g/mol. The Morgan fingerprint density at radius 3 is 2.23 bits per heavy atom. The quantitative estimate of drug-likeness (QED) is 0.696. The van der Waals surface area contributed by atoms with Crippen LogP contribution in [0.4, 0.5) is 5.69 Å². The van der Waals surface area contributed by atoms with Gasteiger partial charge in [-0.15, -0.1) is 0 Å². The standard InChI is InChI=1S/C15H16N2O4S/c18-15-10-14(11-4-2-1-3-5-11)17(16-15)12-6-8-13(9-7-12)22(19,20)21/h1-9,14,19-21H,10H2,(H,16,18). The first-order valence-electron chi connectivity index (χ1n) is 6.69. The zero-order valence-corrected chi connectivity index (χ0v) is 12.4. The Balaban J connectivity index is 1.91. The van der Waals surface area contributed by atoms with E-state index in [0.717, 1.165) is 5.56 Å². The van der Waals surface area contributed by atoms with Gasteiger partial charge in [-0.3, -0.25) is 15.2 Å². The summed E-state index contributed by atoms with van der Waals surface area (Å²) in [5, 5.41) is 1.74. The highest BCUT2D eigenvalue weighted by atomic mass is 32.3. The number of anilines is 1. The van der Waals surface area contributed by atoms with Crippen LogP contribution in [0.3, 0.4) is 0 Å². The van der Waals surface area contributed by atoms with E-state index in [-0.39, 0.29) is 16.8 Å². The Morgan fingerprint density at radius 2 is 1.64 bits per heavy atom. The number of hydrogen-bond donors (Lipinski definition) is 4. The maximum atomic E-state index is 11.8. The van der Waals surface area contributed by atoms with Crippen molar-refractivity contribution in [2.24, 2.45) is 0 Å². The van der Waals surface area contributed by atoms with Gasteiger partial charge >= 0.3 is 0 Å². The third-order valence-electron chi connectivity index (χ3n) is 3.55. The molecule has 0 aliphatic carbocycles. The smallest absolute Gasteiger partial charge is 0.241 e. The van der Waals surface area contributed by atoms with Gasteiger partial charge in [0, 0.05) is 0 Å². The Hall–Kier alpha value is -2.06. The van der Waals surface area contributed by atoms with Gasteiger partial charge in [0.15, 0.2) is 0 Å². The Bertz CT molecular complexity index is 670. The summed E-state index contributed by atoms with van der Waals surface area (Å²) < 4.78 is 27.7. The number of nitrogens with zero attached hydrogens (tertiary/aromatic N) is 1. The predicted molar refractivity (Wildman–Crippen MR) is 84.6 cm³/mol. The molecule has 22 heavy (non-hydrogen) atoms. The van der Waals surface area contributed by atoms with Gasteiger partial charge in [0.05, 0.1) is 23.0 Å². The number of hydrazine groups is 1. The van der Waals surface area contributed by atoms with Crippen LogP contribution < -0.4 is 10.4 Å². The summed E-state index contributed by atoms with van der Waals surface area (Å²) in [7, 11) is -3.73. The van der Waals surface area contributed by atoms with Gasteiger partial charge in [-0.2, -0.15) is 0 Å². The topological polar surface area (TPSA) is 93.0 Å². The molecule has 0 bridgehead atoms. The summed E-state index contributed by atoms with van der Waals surface area (Å²) >= 11 is 0. The number of hydrogen-bond acceptors (Lipinski definition) is 5. The fraction of sp³-hybridized carbons (Fsp3) is 0.133. The van der Waals surface area contributed by atoms with Gasteiger partial charge in [0.25, 0.3) is 0 Å². The maximum absolute atomic E-state index is 11.8. The summed E-state index contributed by atoms with van der Waals surface area (Å²) in [6.07, 6.45) is 0.348. The van der Waals surface area contributed by atoms with Crippen molar-refractivity contribution in [2.75, 3.05) is 5.01 Å². The van der Waals surface area contributed by atoms with E-state index in [9.17, 15) is 18.5 Å². The number of nitrogens with one attached hydrogen (secondary N) is 1. The van der Waals surface area contributed by atoms with Crippen LogP contribution in [-0.4, -0.2) is 19.6 Å². The van der Waals surface area contributed by atoms with Gasteiger partial charge in [-0.25, -0.2) is 0 Å². The molecule has 6 nitrogen and oxygen atoms in total. The first-order chi connectivity index (χ1) is 10.4. The zero-order chi connectivity index (χ0) is 15.7. The summed E-state index contributed by atoms with van der Waals surface area (Å²) in [6, 6.07) is 15.6. The van der Waals surface area contributed by atoms with Crippen LogP contribution in [0.1, 0.15) is 18.0 Å². The fourth-order valence-corrected chi connectivity index (χ4v) is 3.00. The second-order valence-electron chi connectivity index (χ2n) is 5.05. The average molecular weight is 320 g/mol. The summed E-state index contributed by atoms with van der Waals surface area (Å²) in [5.41, 5.74) is 4.50. The molecular formula is C15H16N2O4S. The molecule has 1 atom stereocenters. The molecule has 0 saturated carbocycles. The van der Waals surface area contributed by atoms with Crippen molar-refractivity contribution in [1.82, 2.24) is 5.43 Å². The number of carbonyl (C=O) groups excluding carboxylic acids is 1. The van der Waals surface area contributed by atoms with Crippen LogP contribution in [-0.2, 0) is 4.79 Å². The highest BCUT2D eigenvalue weighted by molar-refractivity contribution is 8.19. The summed E-state index contributed by atoms with van der Waals surface area (Å²) in [5.74, 6) is -0.0793. The third-order valence-corrected chi connectivity index (χ3v) is 4.46. The first-order valence-corrected chi connectivity index (χ1v) is 8.20. The molecule has 1 fully saturated rings. The molecule has 1 saturated heterocycles. The number of amides is 1. The Kier molecular flexibility index (Phi) is 3.79. The van der Waals surface area contributed by atoms with E-state index < -0.39 is 10.9 Å². The molecule has 0 aromatic heterocycles. The van der Waals surface area contributed by atoms with Gasteiger partial charge in [0.1, 0.15) is 10.9 Å². The van der Waals surface area contributed by atoms with Crippen molar-refractivity contribution in [3.63, 3.8) is 0 Å². The molecule has 2 aromatic rings. The maximum Gasteiger partial charge on any atom is 0.241 e. The number of rotatable bonds is 3. The molecule has 7 heteroatoms. The molecule has 1 heterocycles. The molecule has 1 aliphatic rings. The van der Waals surface area contributed by atoms with Gasteiger partial charge in [-0.05, 0) is 29.8 Å². The largest absolute Gasteiger partial charge is 0.304 e. The minimum Gasteiger partial charge on any atom is -0.304 e. The molecule has 1 amide bonds. The van der Waals surface area contributed by atoms with Crippen molar-refractivity contribution in [2.45, 2.75) is 17.4 Å². The molecule has 0 radical (unpaired) electrons. The van der Waals surface area contributed by atoms with Crippen molar-refractivity contribution < 1.29 is 18.5 Å². The predicted octanol–water partition coefficient (Wildman–Crippen LogP) is 3.25. The van der Waals surface area contributed by atoms with E-state index in [1.54, 1.807) is 17.1 Å². The van der Waals surface area contributed by atoms with Gasteiger partial charge < -0.3 is 13.7 Å². The Labute approximate surface area is 129 Å². The van der Waals surface area contributed by atoms with E-state index in [1.807, 2.05) is 30.3 Å². The lowest BCUT2D eigenvalue weighted by Crippen LogP contribution is -2.34. The minimum absolute atomic E-state index is 0.0398. The molecule has 2 aromatic carbocycles. The van der Waals surface area contributed by atoms with E-state index in [0.29, 0.717) is 12.1 Å². The fourth-order valence-electron chi connectivity index (χ4n) is 2.50. The van der Waals surface area contributed by atoms with E-state index in [1.165, 1.54) is 12.1 Å². The molecule has 116 valence electrons. The van der Waals surface area contributed by atoms with Gasteiger partial charge in [0.2, 0.25) is 5.91 Å². The van der Waals surface area contributed by atoms with Crippen molar-refractivity contribution in [1.29, 1.82) is 0 Å². The highest BCUT2D eigenvalue weighted by Gasteiger charge is 2.31. The lowest BCUT2D eigenvalue weighted by Gasteiger charge is -2.26. The molecular weight excluding hydrogens is 304 g/mol. The SMILES string of the molecule is O=C1CC(c2ccccc2)N(c2ccc(S(O)(O)O)cc2)N1. The summed E-state index contributed by atoms with van der Waals surface area (Å²) in [4.78, 5) is 11.8.